The second kappa shape index (κ2) is 8.43. The van der Waals surface area contributed by atoms with Gasteiger partial charge in [-0.25, -0.2) is 13.6 Å². The number of alkyl halides is 2. The van der Waals surface area contributed by atoms with Gasteiger partial charge in [0.1, 0.15) is 5.75 Å². The van der Waals surface area contributed by atoms with Gasteiger partial charge in [0, 0.05) is 17.5 Å². The average Bonchev–Trinajstić information content (AvgIpc) is 2.94. The number of hydrogen-bond acceptors (Lipinski definition) is 7. The number of benzene rings is 2. The summed E-state index contributed by atoms with van der Waals surface area (Å²) in [5.74, 6) is 0.521. The Kier molecular flexibility index (Phi) is 6.15. The van der Waals surface area contributed by atoms with Crippen molar-refractivity contribution in [2.45, 2.75) is 11.2 Å². The first-order chi connectivity index (χ1) is 13.6. The Hall–Kier alpha value is -2.57. The van der Waals surface area contributed by atoms with Gasteiger partial charge in [0.15, 0.2) is 11.5 Å². The van der Waals surface area contributed by atoms with Crippen molar-refractivity contribution in [1.82, 2.24) is 0 Å². The largest absolute Gasteiger partial charge is 0.586 e. The average molecular weight is 446 g/mol. The maximum absolute atomic E-state index is 13.0. The number of halogens is 2. The second-order valence-electron chi connectivity index (χ2n) is 5.79. The molecule has 12 heteroatoms. The molecule has 0 aliphatic carbocycles. The molecule has 0 spiro atoms. The van der Waals surface area contributed by atoms with E-state index in [0.717, 1.165) is 0 Å². The number of thioether (sulfide) groups is 1. The molecule has 8 nitrogen and oxygen atoms in total. The molecule has 3 N–H and O–H groups in total. The third-order valence-corrected chi connectivity index (χ3v) is 5.42. The van der Waals surface area contributed by atoms with Crippen molar-refractivity contribution in [3.63, 3.8) is 0 Å². The maximum Gasteiger partial charge on any atom is 0.586 e. The smallest absolute Gasteiger partial charge is 0.493 e. The van der Waals surface area contributed by atoms with E-state index in [1.807, 2.05) is 0 Å². The lowest BCUT2D eigenvalue weighted by Crippen LogP contribution is -2.25. The molecule has 1 amide bonds. The summed E-state index contributed by atoms with van der Waals surface area (Å²) in [6.07, 6.45) is -3.71. The normalized spacial score (nSPS) is 14.4. The third kappa shape index (κ3) is 5.95. The van der Waals surface area contributed by atoms with E-state index in [2.05, 4.69) is 14.8 Å². The molecule has 3 rings (SSSR count). The topological polar surface area (TPSA) is 117 Å². The number of ether oxygens (including phenoxy) is 3. The third-order valence-electron chi connectivity index (χ3n) is 3.57. The summed E-state index contributed by atoms with van der Waals surface area (Å²) in [6, 6.07) is 9.63. The minimum atomic E-state index is -3.75. The number of carbonyl (C=O) groups is 1. The minimum Gasteiger partial charge on any atom is -0.493 e. The fraction of sp³-hybridized carbons (Fsp3) is 0.235. The van der Waals surface area contributed by atoms with E-state index in [9.17, 15) is 22.0 Å². The fourth-order valence-electron chi connectivity index (χ4n) is 2.33. The number of hydrogen-bond donors (Lipinski definition) is 2. The predicted molar refractivity (Wildman–Crippen MR) is 102 cm³/mol. The van der Waals surface area contributed by atoms with E-state index in [0.29, 0.717) is 23.8 Å². The number of rotatable bonds is 8. The van der Waals surface area contributed by atoms with Crippen LogP contribution < -0.4 is 24.7 Å². The zero-order chi connectivity index (χ0) is 21.1. The van der Waals surface area contributed by atoms with Crippen molar-refractivity contribution in [3.05, 3.63) is 42.5 Å². The standard InChI is InChI=1S/C17H16F2N2O6S2/c18-17(19)26-14-6-1-11(9-15(14)27-17)21-16(22)10-28-8-7-25-12-2-4-13(5-3-12)29(20,23)24/h1-6,9H,7-8,10H2,(H,21,22)(H2,20,23,24). The summed E-state index contributed by atoms with van der Waals surface area (Å²) in [6.45, 7) is 0.297. The van der Waals surface area contributed by atoms with E-state index in [1.54, 1.807) is 0 Å². The second-order valence-corrected chi connectivity index (χ2v) is 8.46. The van der Waals surface area contributed by atoms with E-state index >= 15 is 0 Å². The Morgan fingerprint density at radius 2 is 1.83 bits per heavy atom. The van der Waals surface area contributed by atoms with E-state index in [1.165, 1.54) is 54.2 Å². The Labute approximate surface area is 169 Å². The van der Waals surface area contributed by atoms with Gasteiger partial charge in [-0.05, 0) is 36.4 Å². The van der Waals surface area contributed by atoms with Gasteiger partial charge in [0.2, 0.25) is 15.9 Å². The molecule has 1 heterocycles. The number of anilines is 1. The van der Waals surface area contributed by atoms with Crippen LogP contribution in [0, 0.1) is 0 Å². The summed E-state index contributed by atoms with van der Waals surface area (Å²) < 4.78 is 62.4. The molecule has 0 radical (unpaired) electrons. The summed E-state index contributed by atoms with van der Waals surface area (Å²) in [5.41, 5.74) is 0.307. The lowest BCUT2D eigenvalue weighted by atomic mass is 10.3. The number of amides is 1. The van der Waals surface area contributed by atoms with Crippen LogP contribution in [0.4, 0.5) is 14.5 Å². The Bertz CT molecular complexity index is 999. The minimum absolute atomic E-state index is 0.0110. The molecule has 1 aliphatic rings. The van der Waals surface area contributed by atoms with Crippen LogP contribution in [0.3, 0.4) is 0 Å². The monoisotopic (exact) mass is 446 g/mol. The van der Waals surface area contributed by atoms with Crippen LogP contribution in [-0.2, 0) is 14.8 Å². The van der Waals surface area contributed by atoms with Gasteiger partial charge >= 0.3 is 6.29 Å². The molecule has 156 valence electrons. The number of primary sulfonamides is 1. The van der Waals surface area contributed by atoms with Crippen LogP contribution in [-0.4, -0.2) is 38.7 Å². The van der Waals surface area contributed by atoms with Crippen molar-refractivity contribution < 1.29 is 36.2 Å². The molecule has 0 atom stereocenters. The lowest BCUT2D eigenvalue weighted by Gasteiger charge is -2.08. The molecule has 0 unspecified atom stereocenters. The first-order valence-corrected chi connectivity index (χ1v) is 10.9. The Morgan fingerprint density at radius 1 is 1.14 bits per heavy atom. The van der Waals surface area contributed by atoms with Crippen molar-refractivity contribution in [2.24, 2.45) is 5.14 Å². The molecule has 29 heavy (non-hydrogen) atoms. The van der Waals surface area contributed by atoms with Crippen LogP contribution in [0.25, 0.3) is 0 Å². The van der Waals surface area contributed by atoms with Crippen molar-refractivity contribution >= 4 is 33.4 Å². The van der Waals surface area contributed by atoms with Crippen LogP contribution in [0.1, 0.15) is 0 Å². The van der Waals surface area contributed by atoms with Crippen molar-refractivity contribution in [2.75, 3.05) is 23.4 Å². The molecule has 0 bridgehead atoms. The molecular formula is C17H16F2N2O6S2. The zero-order valence-electron chi connectivity index (χ0n) is 14.8. The number of sulfonamides is 1. The number of nitrogens with one attached hydrogen (secondary N) is 1. The summed E-state index contributed by atoms with van der Waals surface area (Å²) >= 11 is 1.30. The van der Waals surface area contributed by atoms with E-state index < -0.39 is 16.3 Å². The highest BCUT2D eigenvalue weighted by Gasteiger charge is 2.43. The summed E-state index contributed by atoms with van der Waals surface area (Å²) in [4.78, 5) is 11.9. The van der Waals surface area contributed by atoms with E-state index in [-0.39, 0.29) is 28.1 Å². The van der Waals surface area contributed by atoms with Gasteiger partial charge in [-0.3, -0.25) is 4.79 Å². The molecule has 0 aromatic heterocycles. The number of nitrogens with two attached hydrogens (primary N) is 1. The van der Waals surface area contributed by atoms with Crippen molar-refractivity contribution in [3.8, 4) is 17.2 Å². The highest BCUT2D eigenvalue weighted by Crippen LogP contribution is 2.42. The molecule has 0 saturated carbocycles. The molecule has 2 aromatic carbocycles. The Balaban J connectivity index is 1.38. The van der Waals surface area contributed by atoms with Crippen LogP contribution in [0.15, 0.2) is 47.4 Å². The van der Waals surface area contributed by atoms with Gasteiger partial charge < -0.3 is 19.5 Å². The molecular weight excluding hydrogens is 430 g/mol. The van der Waals surface area contributed by atoms with Gasteiger partial charge in [0.25, 0.3) is 0 Å². The van der Waals surface area contributed by atoms with Gasteiger partial charge in [-0.1, -0.05) is 0 Å². The van der Waals surface area contributed by atoms with Crippen LogP contribution >= 0.6 is 11.8 Å². The van der Waals surface area contributed by atoms with Gasteiger partial charge in [-0.2, -0.15) is 0 Å². The molecule has 0 fully saturated rings. The quantitative estimate of drug-likeness (QED) is 0.598. The molecule has 0 saturated heterocycles. The van der Waals surface area contributed by atoms with Crippen LogP contribution in [0.5, 0.6) is 17.2 Å². The first-order valence-electron chi connectivity index (χ1n) is 8.15. The van der Waals surface area contributed by atoms with Crippen LogP contribution in [0.2, 0.25) is 0 Å². The van der Waals surface area contributed by atoms with Gasteiger partial charge in [0.05, 0.1) is 17.3 Å². The lowest BCUT2D eigenvalue weighted by molar-refractivity contribution is -0.286. The number of fused-ring (bicyclic) bond motifs is 1. The highest BCUT2D eigenvalue weighted by atomic mass is 32.2. The predicted octanol–water partition coefficient (Wildman–Crippen LogP) is 2.41. The highest BCUT2D eigenvalue weighted by molar-refractivity contribution is 7.99. The first kappa shape index (κ1) is 21.1. The van der Waals surface area contributed by atoms with Crippen molar-refractivity contribution in [1.29, 1.82) is 0 Å². The molecule has 2 aromatic rings. The summed E-state index contributed by atoms with van der Waals surface area (Å²) in [7, 11) is -3.75. The molecule has 1 aliphatic heterocycles. The van der Waals surface area contributed by atoms with E-state index in [4.69, 9.17) is 9.88 Å². The Morgan fingerprint density at radius 3 is 2.52 bits per heavy atom. The van der Waals surface area contributed by atoms with Gasteiger partial charge in [-0.15, -0.1) is 20.5 Å². The zero-order valence-corrected chi connectivity index (χ0v) is 16.4. The fourth-order valence-corrected chi connectivity index (χ4v) is 3.45. The maximum atomic E-state index is 13.0. The SMILES string of the molecule is NS(=O)(=O)c1ccc(OCCSCC(=O)Nc2ccc3c(c2)OC(F)(F)O3)cc1. The summed E-state index contributed by atoms with van der Waals surface area (Å²) in [5, 5.41) is 7.59. The number of carbonyl (C=O) groups excluding carboxylic acids is 1.